The lowest BCUT2D eigenvalue weighted by Gasteiger charge is -2.25. The van der Waals surface area contributed by atoms with Gasteiger partial charge in [-0.1, -0.05) is 6.07 Å². The molecule has 0 aliphatic heterocycles. The number of benzene rings is 1. The number of nitriles is 1. The monoisotopic (exact) mass is 275 g/mol. The smallest absolute Gasteiger partial charge is 0.305 e. The van der Waals surface area contributed by atoms with Gasteiger partial charge in [-0.25, -0.2) is 0 Å². The highest BCUT2D eigenvalue weighted by Crippen LogP contribution is 2.16. The summed E-state index contributed by atoms with van der Waals surface area (Å²) in [7, 11) is 4.02. The van der Waals surface area contributed by atoms with E-state index in [1.165, 1.54) is 0 Å². The molecular weight excluding hydrogens is 254 g/mol. The number of aliphatic carboxylic acids is 1. The van der Waals surface area contributed by atoms with Crippen molar-refractivity contribution in [3.63, 3.8) is 0 Å². The van der Waals surface area contributed by atoms with E-state index in [0.717, 1.165) is 25.2 Å². The Morgan fingerprint density at radius 3 is 2.65 bits per heavy atom. The zero-order valence-electron chi connectivity index (χ0n) is 12.0. The molecule has 1 aromatic rings. The first-order chi connectivity index (χ1) is 9.52. The summed E-state index contributed by atoms with van der Waals surface area (Å²) in [5.74, 6) is -0.806. The number of carbonyl (C=O) groups is 1. The van der Waals surface area contributed by atoms with E-state index in [0.29, 0.717) is 12.1 Å². The van der Waals surface area contributed by atoms with Crippen LogP contribution in [0, 0.1) is 11.3 Å². The van der Waals surface area contributed by atoms with Crippen molar-refractivity contribution in [1.82, 2.24) is 4.90 Å². The lowest BCUT2D eigenvalue weighted by molar-refractivity contribution is -0.136. The highest BCUT2D eigenvalue weighted by molar-refractivity contribution is 5.67. The molecule has 0 radical (unpaired) electrons. The average molecular weight is 275 g/mol. The van der Waals surface area contributed by atoms with Gasteiger partial charge in [0.1, 0.15) is 0 Å². The molecule has 0 atom stereocenters. The van der Waals surface area contributed by atoms with Gasteiger partial charge in [-0.15, -0.1) is 0 Å². The van der Waals surface area contributed by atoms with Gasteiger partial charge in [-0.3, -0.25) is 4.79 Å². The minimum Gasteiger partial charge on any atom is -0.481 e. The zero-order chi connectivity index (χ0) is 15.0. The fourth-order valence-corrected chi connectivity index (χ4v) is 1.95. The summed E-state index contributed by atoms with van der Waals surface area (Å²) in [6.45, 7) is 2.18. The minimum absolute atomic E-state index is 0.0960. The van der Waals surface area contributed by atoms with Crippen LogP contribution in [0.2, 0.25) is 0 Å². The molecule has 0 spiro atoms. The first kappa shape index (κ1) is 16.0. The summed E-state index contributed by atoms with van der Waals surface area (Å²) in [6, 6.07) is 9.40. The quantitative estimate of drug-likeness (QED) is 0.783. The molecule has 0 saturated heterocycles. The van der Waals surface area contributed by atoms with Crippen molar-refractivity contribution < 1.29 is 9.90 Å². The predicted molar refractivity (Wildman–Crippen MR) is 78.8 cm³/mol. The lowest BCUT2D eigenvalue weighted by Crippen LogP contribution is -2.29. The maximum absolute atomic E-state index is 10.8. The second kappa shape index (κ2) is 8.18. The van der Waals surface area contributed by atoms with Crippen molar-refractivity contribution in [3.8, 4) is 6.07 Å². The summed E-state index contributed by atoms with van der Waals surface area (Å²) in [6.07, 6.45) is 1.04. The largest absolute Gasteiger partial charge is 0.481 e. The molecule has 1 aromatic carbocycles. The molecule has 0 fully saturated rings. The van der Waals surface area contributed by atoms with Crippen LogP contribution in [0.5, 0.6) is 0 Å². The molecule has 0 aliphatic rings. The standard InChI is InChI=1S/C15H21N3O2/c1-17(2)8-4-9-18(10-7-15(19)20)14-6-3-5-13(11-14)12-16/h3,5-6,11H,4,7-10H2,1-2H3,(H,19,20). The first-order valence-corrected chi connectivity index (χ1v) is 6.64. The van der Waals surface area contributed by atoms with Gasteiger partial charge in [-0.05, 0) is 45.3 Å². The van der Waals surface area contributed by atoms with Crippen LogP contribution >= 0.6 is 0 Å². The highest BCUT2D eigenvalue weighted by Gasteiger charge is 2.09. The fraction of sp³-hybridized carbons (Fsp3) is 0.467. The van der Waals surface area contributed by atoms with Crippen molar-refractivity contribution >= 4 is 11.7 Å². The zero-order valence-corrected chi connectivity index (χ0v) is 12.0. The third-order valence-electron chi connectivity index (χ3n) is 2.97. The van der Waals surface area contributed by atoms with Crippen molar-refractivity contribution in [1.29, 1.82) is 5.26 Å². The second-order valence-corrected chi connectivity index (χ2v) is 4.95. The second-order valence-electron chi connectivity index (χ2n) is 4.95. The van der Waals surface area contributed by atoms with Gasteiger partial charge in [-0.2, -0.15) is 5.26 Å². The summed E-state index contributed by atoms with van der Waals surface area (Å²) in [4.78, 5) is 14.9. The van der Waals surface area contributed by atoms with Crippen LogP contribution in [-0.4, -0.2) is 49.7 Å². The average Bonchev–Trinajstić information content (AvgIpc) is 2.42. The van der Waals surface area contributed by atoms with E-state index < -0.39 is 5.97 Å². The molecule has 0 saturated carbocycles. The third kappa shape index (κ3) is 5.72. The van der Waals surface area contributed by atoms with E-state index in [-0.39, 0.29) is 6.42 Å². The molecular formula is C15H21N3O2. The van der Waals surface area contributed by atoms with E-state index in [1.807, 2.05) is 31.1 Å². The van der Waals surface area contributed by atoms with Gasteiger partial charge < -0.3 is 14.9 Å². The topological polar surface area (TPSA) is 67.6 Å². The van der Waals surface area contributed by atoms with Crippen molar-refractivity contribution in [2.45, 2.75) is 12.8 Å². The van der Waals surface area contributed by atoms with Gasteiger partial charge in [0.15, 0.2) is 0 Å². The Morgan fingerprint density at radius 2 is 2.05 bits per heavy atom. The van der Waals surface area contributed by atoms with Gasteiger partial charge in [0.25, 0.3) is 0 Å². The van der Waals surface area contributed by atoms with Crippen LogP contribution in [-0.2, 0) is 4.79 Å². The van der Waals surface area contributed by atoms with Crippen LogP contribution in [0.4, 0.5) is 5.69 Å². The molecule has 5 nitrogen and oxygen atoms in total. The van der Waals surface area contributed by atoms with Crippen LogP contribution in [0.25, 0.3) is 0 Å². The molecule has 5 heteroatoms. The van der Waals surface area contributed by atoms with Gasteiger partial charge in [0.2, 0.25) is 0 Å². The number of rotatable bonds is 8. The van der Waals surface area contributed by atoms with Crippen LogP contribution in [0.1, 0.15) is 18.4 Å². The van der Waals surface area contributed by atoms with E-state index in [9.17, 15) is 4.79 Å². The number of nitrogens with zero attached hydrogens (tertiary/aromatic N) is 3. The maximum Gasteiger partial charge on any atom is 0.305 e. The molecule has 0 amide bonds. The Labute approximate surface area is 120 Å². The molecule has 0 unspecified atom stereocenters. The van der Waals surface area contributed by atoms with E-state index >= 15 is 0 Å². The molecule has 1 N–H and O–H groups in total. The van der Waals surface area contributed by atoms with Crippen LogP contribution in [0.3, 0.4) is 0 Å². The first-order valence-electron chi connectivity index (χ1n) is 6.64. The predicted octanol–water partition coefficient (Wildman–Crippen LogP) is 1.79. The normalized spacial score (nSPS) is 10.3. The summed E-state index contributed by atoms with van der Waals surface area (Å²) in [5, 5.41) is 17.8. The van der Waals surface area contributed by atoms with E-state index in [1.54, 1.807) is 12.1 Å². The number of carboxylic acids is 1. The van der Waals surface area contributed by atoms with Gasteiger partial charge in [0.05, 0.1) is 18.1 Å². The SMILES string of the molecule is CN(C)CCCN(CCC(=O)O)c1cccc(C#N)c1. The van der Waals surface area contributed by atoms with E-state index in [4.69, 9.17) is 10.4 Å². The van der Waals surface area contributed by atoms with Gasteiger partial charge >= 0.3 is 5.97 Å². The van der Waals surface area contributed by atoms with Crippen molar-refractivity contribution in [3.05, 3.63) is 29.8 Å². The summed E-state index contributed by atoms with van der Waals surface area (Å²) >= 11 is 0. The number of hydrogen-bond acceptors (Lipinski definition) is 4. The molecule has 0 aliphatic carbocycles. The van der Waals surface area contributed by atoms with Crippen molar-refractivity contribution in [2.75, 3.05) is 38.6 Å². The number of anilines is 1. The lowest BCUT2D eigenvalue weighted by atomic mass is 10.2. The Bertz CT molecular complexity index is 480. The maximum atomic E-state index is 10.8. The highest BCUT2D eigenvalue weighted by atomic mass is 16.4. The number of hydrogen-bond donors (Lipinski definition) is 1. The molecule has 0 bridgehead atoms. The van der Waals surface area contributed by atoms with Crippen molar-refractivity contribution in [2.24, 2.45) is 0 Å². The molecule has 20 heavy (non-hydrogen) atoms. The molecule has 1 rings (SSSR count). The molecule has 0 heterocycles. The third-order valence-corrected chi connectivity index (χ3v) is 2.97. The molecule has 0 aromatic heterocycles. The Hall–Kier alpha value is -2.06. The van der Waals surface area contributed by atoms with E-state index in [2.05, 4.69) is 11.0 Å². The Morgan fingerprint density at radius 1 is 1.30 bits per heavy atom. The van der Waals surface area contributed by atoms with Gasteiger partial charge in [0, 0.05) is 18.8 Å². The summed E-state index contributed by atoms with van der Waals surface area (Å²) in [5.41, 5.74) is 1.50. The van der Waals surface area contributed by atoms with Crippen LogP contribution < -0.4 is 4.90 Å². The van der Waals surface area contributed by atoms with Crippen LogP contribution in [0.15, 0.2) is 24.3 Å². The Balaban J connectivity index is 2.74. The molecule has 108 valence electrons. The fourth-order valence-electron chi connectivity index (χ4n) is 1.95. The minimum atomic E-state index is -0.806. The summed E-state index contributed by atoms with van der Waals surface area (Å²) < 4.78 is 0. The number of carboxylic acid groups (broad SMARTS) is 1. The Kier molecular flexibility index (Phi) is 6.54.